The fourth-order valence-corrected chi connectivity index (χ4v) is 1.76. The number of nitrogens with one attached hydrogen (secondary N) is 1. The minimum Gasteiger partial charge on any atom is -0.488 e. The highest BCUT2D eigenvalue weighted by atomic mass is 35.5. The second-order valence-electron chi connectivity index (χ2n) is 3.56. The maximum Gasteiger partial charge on any atom is 0.255 e. The third-order valence-corrected chi connectivity index (χ3v) is 2.39. The number of halogens is 1. The SMILES string of the molecule is C=CCOc1c(C)cc(Cl)cc1C(=O)NCC. The van der Waals surface area contributed by atoms with Crippen molar-refractivity contribution >= 4 is 17.5 Å². The minimum atomic E-state index is -0.183. The number of carbonyl (C=O) groups is 1. The molecule has 0 saturated heterocycles. The zero-order valence-electron chi connectivity index (χ0n) is 10.0. The van der Waals surface area contributed by atoms with Crippen molar-refractivity contribution in [3.05, 3.63) is 40.9 Å². The lowest BCUT2D eigenvalue weighted by Gasteiger charge is -2.13. The van der Waals surface area contributed by atoms with E-state index in [2.05, 4.69) is 11.9 Å². The number of ether oxygens (including phenoxy) is 1. The number of hydrogen-bond acceptors (Lipinski definition) is 2. The molecular formula is C13H16ClNO2. The van der Waals surface area contributed by atoms with Crippen molar-refractivity contribution in [2.75, 3.05) is 13.2 Å². The average Bonchev–Trinajstić information content (AvgIpc) is 2.27. The third-order valence-electron chi connectivity index (χ3n) is 2.17. The van der Waals surface area contributed by atoms with Crippen LogP contribution in [0, 0.1) is 6.92 Å². The van der Waals surface area contributed by atoms with Gasteiger partial charge in [0, 0.05) is 11.6 Å². The number of aryl methyl sites for hydroxylation is 1. The van der Waals surface area contributed by atoms with E-state index in [0.29, 0.717) is 29.5 Å². The first kappa shape index (κ1) is 13.6. The molecule has 0 aromatic heterocycles. The topological polar surface area (TPSA) is 38.3 Å². The Labute approximate surface area is 106 Å². The molecule has 1 N–H and O–H groups in total. The van der Waals surface area contributed by atoms with Crippen LogP contribution in [-0.2, 0) is 0 Å². The molecule has 0 spiro atoms. The van der Waals surface area contributed by atoms with Gasteiger partial charge in [-0.05, 0) is 31.5 Å². The summed E-state index contributed by atoms with van der Waals surface area (Å²) in [6.07, 6.45) is 1.63. The molecule has 92 valence electrons. The van der Waals surface area contributed by atoms with Crippen molar-refractivity contribution in [3.8, 4) is 5.75 Å². The molecule has 0 saturated carbocycles. The van der Waals surface area contributed by atoms with E-state index < -0.39 is 0 Å². The Hall–Kier alpha value is -1.48. The van der Waals surface area contributed by atoms with E-state index in [0.717, 1.165) is 5.56 Å². The van der Waals surface area contributed by atoms with Crippen LogP contribution in [0.15, 0.2) is 24.8 Å². The summed E-state index contributed by atoms with van der Waals surface area (Å²) in [6, 6.07) is 3.38. The molecular weight excluding hydrogens is 238 g/mol. The fraction of sp³-hybridized carbons (Fsp3) is 0.308. The number of hydrogen-bond donors (Lipinski definition) is 1. The van der Waals surface area contributed by atoms with Gasteiger partial charge in [0.2, 0.25) is 0 Å². The second kappa shape index (κ2) is 6.30. The Bertz CT molecular complexity index is 430. The molecule has 0 atom stereocenters. The normalized spacial score (nSPS) is 9.82. The van der Waals surface area contributed by atoms with Crippen LogP contribution < -0.4 is 10.1 Å². The first-order valence-corrected chi connectivity index (χ1v) is 5.80. The van der Waals surface area contributed by atoms with Crippen LogP contribution in [0.25, 0.3) is 0 Å². The molecule has 1 aromatic rings. The Kier molecular flexibility index (Phi) is 5.04. The molecule has 1 amide bonds. The van der Waals surface area contributed by atoms with E-state index in [-0.39, 0.29) is 5.91 Å². The van der Waals surface area contributed by atoms with Crippen LogP contribution in [-0.4, -0.2) is 19.1 Å². The third kappa shape index (κ3) is 3.49. The van der Waals surface area contributed by atoms with Gasteiger partial charge in [0.25, 0.3) is 5.91 Å². The Balaban J connectivity index is 3.14. The quantitative estimate of drug-likeness (QED) is 0.820. The summed E-state index contributed by atoms with van der Waals surface area (Å²) in [5, 5.41) is 3.25. The number of benzene rings is 1. The van der Waals surface area contributed by atoms with E-state index >= 15 is 0 Å². The Morgan fingerprint density at radius 3 is 2.88 bits per heavy atom. The van der Waals surface area contributed by atoms with Crippen LogP contribution in [0.2, 0.25) is 5.02 Å². The summed E-state index contributed by atoms with van der Waals surface area (Å²) in [6.45, 7) is 8.21. The zero-order chi connectivity index (χ0) is 12.8. The molecule has 0 fully saturated rings. The van der Waals surface area contributed by atoms with Gasteiger partial charge in [0.1, 0.15) is 12.4 Å². The van der Waals surface area contributed by atoms with Crippen molar-refractivity contribution in [2.45, 2.75) is 13.8 Å². The highest BCUT2D eigenvalue weighted by Crippen LogP contribution is 2.27. The van der Waals surface area contributed by atoms with Gasteiger partial charge in [-0.25, -0.2) is 0 Å². The number of amides is 1. The molecule has 0 aliphatic rings. The van der Waals surface area contributed by atoms with Gasteiger partial charge in [-0.1, -0.05) is 24.3 Å². The average molecular weight is 254 g/mol. The van der Waals surface area contributed by atoms with Crippen LogP contribution in [0.3, 0.4) is 0 Å². The van der Waals surface area contributed by atoms with Crippen LogP contribution in [0.4, 0.5) is 0 Å². The van der Waals surface area contributed by atoms with Gasteiger partial charge in [-0.2, -0.15) is 0 Å². The van der Waals surface area contributed by atoms with Gasteiger partial charge < -0.3 is 10.1 Å². The summed E-state index contributed by atoms with van der Waals surface area (Å²) in [5.74, 6) is 0.373. The Morgan fingerprint density at radius 1 is 1.59 bits per heavy atom. The van der Waals surface area contributed by atoms with Gasteiger partial charge >= 0.3 is 0 Å². The predicted octanol–water partition coefficient (Wildman–Crippen LogP) is 2.96. The van der Waals surface area contributed by atoms with Crippen LogP contribution in [0.5, 0.6) is 5.75 Å². The van der Waals surface area contributed by atoms with Crippen LogP contribution >= 0.6 is 11.6 Å². The van der Waals surface area contributed by atoms with E-state index in [4.69, 9.17) is 16.3 Å². The van der Waals surface area contributed by atoms with E-state index in [9.17, 15) is 4.79 Å². The largest absolute Gasteiger partial charge is 0.488 e. The molecule has 0 unspecified atom stereocenters. The summed E-state index contributed by atoms with van der Waals surface area (Å²) >= 11 is 5.94. The lowest BCUT2D eigenvalue weighted by Crippen LogP contribution is -2.23. The highest BCUT2D eigenvalue weighted by Gasteiger charge is 2.15. The standard InChI is InChI=1S/C13H16ClNO2/c1-4-6-17-12-9(3)7-10(14)8-11(12)13(16)15-5-2/h4,7-8H,1,5-6H2,2-3H3,(H,15,16). The summed E-state index contributed by atoms with van der Waals surface area (Å²) < 4.78 is 5.50. The number of rotatable bonds is 5. The molecule has 4 heteroatoms. The molecule has 1 aromatic carbocycles. The molecule has 0 heterocycles. The van der Waals surface area contributed by atoms with Crippen molar-refractivity contribution in [3.63, 3.8) is 0 Å². The van der Waals surface area contributed by atoms with Crippen LogP contribution in [0.1, 0.15) is 22.8 Å². The zero-order valence-corrected chi connectivity index (χ0v) is 10.8. The van der Waals surface area contributed by atoms with E-state index in [1.54, 1.807) is 18.2 Å². The van der Waals surface area contributed by atoms with Crippen molar-refractivity contribution < 1.29 is 9.53 Å². The predicted molar refractivity (Wildman–Crippen MR) is 69.9 cm³/mol. The van der Waals surface area contributed by atoms with Crippen molar-refractivity contribution in [1.29, 1.82) is 0 Å². The highest BCUT2D eigenvalue weighted by molar-refractivity contribution is 6.31. The maximum absolute atomic E-state index is 11.9. The molecule has 0 aliphatic carbocycles. The Morgan fingerprint density at radius 2 is 2.29 bits per heavy atom. The van der Waals surface area contributed by atoms with Gasteiger partial charge in [0.05, 0.1) is 5.56 Å². The van der Waals surface area contributed by atoms with Gasteiger partial charge in [-0.3, -0.25) is 4.79 Å². The summed E-state index contributed by atoms with van der Waals surface area (Å²) in [5.41, 5.74) is 1.29. The molecule has 0 bridgehead atoms. The van der Waals surface area contributed by atoms with E-state index in [1.807, 2.05) is 13.8 Å². The number of carbonyl (C=O) groups excluding carboxylic acids is 1. The molecule has 17 heavy (non-hydrogen) atoms. The molecule has 0 aliphatic heterocycles. The van der Waals surface area contributed by atoms with Crippen molar-refractivity contribution in [2.24, 2.45) is 0 Å². The van der Waals surface area contributed by atoms with Crippen molar-refractivity contribution in [1.82, 2.24) is 5.32 Å². The molecule has 0 radical (unpaired) electrons. The maximum atomic E-state index is 11.9. The minimum absolute atomic E-state index is 0.183. The lowest BCUT2D eigenvalue weighted by atomic mass is 10.1. The van der Waals surface area contributed by atoms with E-state index in [1.165, 1.54) is 0 Å². The smallest absolute Gasteiger partial charge is 0.255 e. The second-order valence-corrected chi connectivity index (χ2v) is 3.99. The summed E-state index contributed by atoms with van der Waals surface area (Å²) in [4.78, 5) is 11.9. The lowest BCUT2D eigenvalue weighted by molar-refractivity contribution is 0.0952. The molecule has 3 nitrogen and oxygen atoms in total. The van der Waals surface area contributed by atoms with Gasteiger partial charge in [0.15, 0.2) is 0 Å². The first-order valence-electron chi connectivity index (χ1n) is 5.42. The van der Waals surface area contributed by atoms with Gasteiger partial charge in [-0.15, -0.1) is 0 Å². The summed E-state index contributed by atoms with van der Waals surface area (Å²) in [7, 11) is 0. The fourth-order valence-electron chi connectivity index (χ4n) is 1.49. The molecule has 1 rings (SSSR count). The first-order chi connectivity index (χ1) is 8.10. The monoisotopic (exact) mass is 253 g/mol.